The number of alkyl halides is 1. The first kappa shape index (κ1) is 12.3. The van der Waals surface area contributed by atoms with Gasteiger partial charge in [0.2, 0.25) is 0 Å². The second-order valence-electron chi connectivity index (χ2n) is 3.08. The minimum atomic E-state index is -0.154. The first-order valence-electron chi connectivity index (χ1n) is 4.36. The largest absolute Gasteiger partial charge is 0.507 e. The maximum atomic E-state index is 11.7. The highest BCUT2D eigenvalue weighted by Gasteiger charge is 2.12. The molecule has 0 aliphatic heterocycles. The number of hydrogen-bond donors (Lipinski definition) is 1. The molecule has 0 radical (unpaired) electrons. The van der Waals surface area contributed by atoms with Gasteiger partial charge in [0.05, 0.1) is 4.47 Å². The number of rotatable bonds is 3. The predicted octanol–water partition coefficient (Wildman–Crippen LogP) is 2.47. The summed E-state index contributed by atoms with van der Waals surface area (Å²) >= 11 is 8.68. The molecule has 3 nitrogen and oxygen atoms in total. The van der Waals surface area contributed by atoms with Crippen LogP contribution in [0.25, 0.3) is 0 Å². The Labute approximate surface area is 102 Å². The third kappa shape index (κ3) is 3.11. The number of halogens is 2. The van der Waals surface area contributed by atoms with Gasteiger partial charge in [0.25, 0.3) is 5.91 Å². The van der Waals surface area contributed by atoms with Crippen molar-refractivity contribution >= 4 is 33.4 Å². The van der Waals surface area contributed by atoms with E-state index < -0.39 is 0 Å². The molecule has 0 aliphatic rings. The van der Waals surface area contributed by atoms with Gasteiger partial charge in [-0.15, -0.1) is 11.6 Å². The van der Waals surface area contributed by atoms with Gasteiger partial charge in [-0.1, -0.05) is 0 Å². The Morgan fingerprint density at radius 1 is 1.60 bits per heavy atom. The van der Waals surface area contributed by atoms with Gasteiger partial charge in [-0.05, 0) is 34.1 Å². The van der Waals surface area contributed by atoms with Crippen LogP contribution < -0.4 is 0 Å². The summed E-state index contributed by atoms with van der Waals surface area (Å²) in [4.78, 5) is 13.2. The number of nitrogens with zero attached hydrogens (tertiary/aromatic N) is 1. The molecule has 0 fully saturated rings. The lowest BCUT2D eigenvalue weighted by atomic mass is 10.2. The fourth-order valence-corrected chi connectivity index (χ4v) is 1.59. The van der Waals surface area contributed by atoms with Crippen LogP contribution in [0.4, 0.5) is 0 Å². The molecule has 82 valence electrons. The van der Waals surface area contributed by atoms with Crippen LogP contribution in [0.1, 0.15) is 10.4 Å². The van der Waals surface area contributed by atoms with E-state index in [2.05, 4.69) is 15.9 Å². The van der Waals surface area contributed by atoms with Gasteiger partial charge < -0.3 is 10.0 Å². The van der Waals surface area contributed by atoms with E-state index in [9.17, 15) is 9.90 Å². The van der Waals surface area contributed by atoms with Crippen molar-refractivity contribution in [2.45, 2.75) is 0 Å². The summed E-state index contributed by atoms with van der Waals surface area (Å²) in [5, 5.41) is 9.42. The second-order valence-corrected chi connectivity index (χ2v) is 4.31. The molecule has 15 heavy (non-hydrogen) atoms. The van der Waals surface area contributed by atoms with E-state index in [1.807, 2.05) is 0 Å². The van der Waals surface area contributed by atoms with Gasteiger partial charge >= 0.3 is 0 Å². The number of phenolic OH excluding ortho intramolecular Hbond substituents is 1. The molecule has 0 saturated heterocycles. The summed E-state index contributed by atoms with van der Waals surface area (Å²) in [5.74, 6) is 0.295. The third-order valence-corrected chi connectivity index (χ3v) is 2.80. The molecule has 0 atom stereocenters. The lowest BCUT2D eigenvalue weighted by molar-refractivity contribution is 0.0803. The zero-order valence-electron chi connectivity index (χ0n) is 8.20. The zero-order valence-corrected chi connectivity index (χ0v) is 10.5. The highest BCUT2D eigenvalue weighted by molar-refractivity contribution is 9.10. The minimum Gasteiger partial charge on any atom is -0.507 e. The van der Waals surface area contributed by atoms with E-state index in [1.54, 1.807) is 19.2 Å². The number of benzene rings is 1. The molecule has 1 aromatic carbocycles. The van der Waals surface area contributed by atoms with E-state index >= 15 is 0 Å². The minimum absolute atomic E-state index is 0.0557. The number of carbonyl (C=O) groups excluding carboxylic acids is 1. The van der Waals surface area contributed by atoms with Gasteiger partial charge in [-0.3, -0.25) is 4.79 Å². The Hall–Kier alpha value is -0.740. The molecule has 0 saturated carbocycles. The average Bonchev–Trinajstić information content (AvgIpc) is 2.21. The molecule has 0 bridgehead atoms. The molecular weight excluding hydrogens is 281 g/mol. The van der Waals surface area contributed by atoms with Gasteiger partial charge in [0.1, 0.15) is 5.75 Å². The zero-order chi connectivity index (χ0) is 11.4. The van der Waals surface area contributed by atoms with Crippen LogP contribution in [0, 0.1) is 0 Å². The monoisotopic (exact) mass is 291 g/mol. The van der Waals surface area contributed by atoms with E-state index in [0.29, 0.717) is 22.5 Å². The van der Waals surface area contributed by atoms with Crippen LogP contribution in [-0.4, -0.2) is 35.4 Å². The normalized spacial score (nSPS) is 10.1. The number of phenols is 1. The summed E-state index contributed by atoms with van der Waals surface area (Å²) in [6, 6.07) is 4.71. The Kier molecular flexibility index (Phi) is 4.42. The van der Waals surface area contributed by atoms with Crippen molar-refractivity contribution in [1.82, 2.24) is 4.90 Å². The van der Waals surface area contributed by atoms with Crippen molar-refractivity contribution in [3.05, 3.63) is 28.2 Å². The summed E-state index contributed by atoms with van der Waals surface area (Å²) in [6.07, 6.45) is 0. The van der Waals surface area contributed by atoms with Gasteiger partial charge in [-0.25, -0.2) is 0 Å². The predicted molar refractivity (Wildman–Crippen MR) is 63.5 cm³/mol. The molecular formula is C10H11BrClNO2. The Balaban J connectivity index is 2.87. The molecule has 0 aliphatic carbocycles. The van der Waals surface area contributed by atoms with Crippen LogP contribution in [0.3, 0.4) is 0 Å². The highest BCUT2D eigenvalue weighted by atomic mass is 79.9. The molecule has 5 heteroatoms. The number of carbonyl (C=O) groups is 1. The molecule has 0 aromatic heterocycles. The maximum absolute atomic E-state index is 11.7. The summed E-state index contributed by atoms with van der Waals surface area (Å²) in [6.45, 7) is 0.483. The Morgan fingerprint density at radius 3 is 2.80 bits per heavy atom. The Morgan fingerprint density at radius 2 is 2.27 bits per heavy atom. The van der Waals surface area contributed by atoms with Gasteiger partial charge in [-0.2, -0.15) is 0 Å². The van der Waals surface area contributed by atoms with Crippen molar-refractivity contribution < 1.29 is 9.90 Å². The SMILES string of the molecule is CN(CCCl)C(=O)c1ccc(Br)c(O)c1. The molecule has 1 N–H and O–H groups in total. The lowest BCUT2D eigenvalue weighted by Gasteiger charge is -2.15. The van der Waals surface area contributed by atoms with Crippen LogP contribution in [0.2, 0.25) is 0 Å². The van der Waals surface area contributed by atoms with Crippen LogP contribution in [-0.2, 0) is 0 Å². The van der Waals surface area contributed by atoms with Crippen LogP contribution in [0.15, 0.2) is 22.7 Å². The van der Waals surface area contributed by atoms with E-state index in [-0.39, 0.29) is 11.7 Å². The third-order valence-electron chi connectivity index (χ3n) is 1.96. The topological polar surface area (TPSA) is 40.5 Å². The standard InChI is InChI=1S/C10H11BrClNO2/c1-13(5-4-12)10(15)7-2-3-8(11)9(14)6-7/h2-3,6,14H,4-5H2,1H3. The molecule has 1 rings (SSSR count). The first-order chi connectivity index (χ1) is 7.06. The van der Waals surface area contributed by atoms with Crippen molar-refractivity contribution in [2.24, 2.45) is 0 Å². The molecule has 0 heterocycles. The maximum Gasteiger partial charge on any atom is 0.253 e. The summed E-state index contributed by atoms with van der Waals surface area (Å²) in [7, 11) is 1.67. The van der Waals surface area contributed by atoms with Crippen molar-refractivity contribution in [1.29, 1.82) is 0 Å². The number of amides is 1. The fraction of sp³-hybridized carbons (Fsp3) is 0.300. The van der Waals surface area contributed by atoms with Gasteiger partial charge in [0.15, 0.2) is 0 Å². The summed E-state index contributed by atoms with van der Waals surface area (Å²) < 4.78 is 0.569. The first-order valence-corrected chi connectivity index (χ1v) is 5.69. The second kappa shape index (κ2) is 5.37. The average molecular weight is 293 g/mol. The smallest absolute Gasteiger partial charge is 0.253 e. The van der Waals surface area contributed by atoms with Crippen LogP contribution in [0.5, 0.6) is 5.75 Å². The van der Waals surface area contributed by atoms with Crippen LogP contribution >= 0.6 is 27.5 Å². The fourth-order valence-electron chi connectivity index (χ4n) is 1.09. The quantitative estimate of drug-likeness (QED) is 0.870. The molecule has 0 spiro atoms. The lowest BCUT2D eigenvalue weighted by Crippen LogP contribution is -2.28. The number of aromatic hydroxyl groups is 1. The highest BCUT2D eigenvalue weighted by Crippen LogP contribution is 2.24. The van der Waals surface area contributed by atoms with Crippen molar-refractivity contribution in [3.63, 3.8) is 0 Å². The Bertz CT molecular complexity index is 370. The van der Waals surface area contributed by atoms with Gasteiger partial charge in [0, 0.05) is 25.0 Å². The molecule has 1 aromatic rings. The van der Waals surface area contributed by atoms with Crippen molar-refractivity contribution in [3.8, 4) is 5.75 Å². The van der Waals surface area contributed by atoms with E-state index in [1.165, 1.54) is 11.0 Å². The van der Waals surface area contributed by atoms with Crippen molar-refractivity contribution in [2.75, 3.05) is 19.5 Å². The van der Waals surface area contributed by atoms with E-state index in [4.69, 9.17) is 11.6 Å². The van der Waals surface area contributed by atoms with E-state index in [0.717, 1.165) is 0 Å². The summed E-state index contributed by atoms with van der Waals surface area (Å²) in [5.41, 5.74) is 0.448. The molecule has 1 amide bonds. The molecule has 0 unspecified atom stereocenters. The number of hydrogen-bond acceptors (Lipinski definition) is 2.